The minimum Gasteiger partial charge on any atom is -0.488 e. The Balaban J connectivity index is 1.52. The zero-order valence-corrected chi connectivity index (χ0v) is 17.1. The van der Waals surface area contributed by atoms with Crippen molar-refractivity contribution < 1.29 is 19.1 Å². The third-order valence-corrected chi connectivity index (χ3v) is 5.22. The molecule has 0 saturated heterocycles. The van der Waals surface area contributed by atoms with Gasteiger partial charge in [-0.25, -0.2) is 4.79 Å². The van der Waals surface area contributed by atoms with E-state index in [2.05, 4.69) is 5.32 Å². The molecular formula is C23H26ClNO4. The van der Waals surface area contributed by atoms with Gasteiger partial charge in [-0.2, -0.15) is 0 Å². The number of ether oxygens (including phenoxy) is 2. The number of hydrogen-bond donors (Lipinski definition) is 1. The number of halogens is 1. The molecule has 0 radical (unpaired) electrons. The molecule has 0 unspecified atom stereocenters. The fourth-order valence-electron chi connectivity index (χ4n) is 3.40. The van der Waals surface area contributed by atoms with Crippen molar-refractivity contribution >= 4 is 23.5 Å². The van der Waals surface area contributed by atoms with Gasteiger partial charge < -0.3 is 14.8 Å². The first-order valence-corrected chi connectivity index (χ1v) is 10.4. The van der Waals surface area contributed by atoms with Crippen LogP contribution >= 0.6 is 11.6 Å². The first kappa shape index (κ1) is 21.2. The van der Waals surface area contributed by atoms with Crippen LogP contribution in [0, 0.1) is 0 Å². The van der Waals surface area contributed by atoms with Crippen LogP contribution in [-0.4, -0.2) is 24.5 Å². The summed E-state index contributed by atoms with van der Waals surface area (Å²) in [4.78, 5) is 24.6. The van der Waals surface area contributed by atoms with Crippen LogP contribution < -0.4 is 10.1 Å². The molecule has 0 bridgehead atoms. The molecule has 1 aliphatic carbocycles. The molecule has 3 rings (SSSR count). The van der Waals surface area contributed by atoms with E-state index in [1.165, 1.54) is 12.8 Å². The Bertz CT molecular complexity index is 814. The van der Waals surface area contributed by atoms with Crippen LogP contribution in [0.15, 0.2) is 48.5 Å². The molecule has 0 spiro atoms. The van der Waals surface area contributed by atoms with E-state index in [0.717, 1.165) is 31.2 Å². The maximum absolute atomic E-state index is 12.5. The number of para-hydroxylation sites is 1. The largest absolute Gasteiger partial charge is 0.488 e. The highest BCUT2D eigenvalue weighted by Crippen LogP contribution is 2.21. The average Bonchev–Trinajstić information content (AvgIpc) is 3.00. The first-order chi connectivity index (χ1) is 14.1. The number of esters is 1. The van der Waals surface area contributed by atoms with Crippen LogP contribution in [0.3, 0.4) is 0 Å². The second-order valence-electron chi connectivity index (χ2n) is 7.24. The van der Waals surface area contributed by atoms with Crippen LogP contribution in [0.25, 0.3) is 0 Å². The maximum atomic E-state index is 12.5. The summed E-state index contributed by atoms with van der Waals surface area (Å²) in [6, 6.07) is 14.3. The van der Waals surface area contributed by atoms with Gasteiger partial charge in [0.15, 0.2) is 6.61 Å². The first-order valence-electron chi connectivity index (χ1n) is 10.0. The molecule has 6 heteroatoms. The highest BCUT2D eigenvalue weighted by atomic mass is 35.5. The van der Waals surface area contributed by atoms with Crippen molar-refractivity contribution in [3.63, 3.8) is 0 Å². The van der Waals surface area contributed by atoms with Crippen LogP contribution in [0.4, 0.5) is 0 Å². The van der Waals surface area contributed by atoms with Crippen molar-refractivity contribution in [3.05, 3.63) is 64.7 Å². The molecule has 0 aromatic heterocycles. The summed E-state index contributed by atoms with van der Waals surface area (Å²) >= 11 is 5.89. The van der Waals surface area contributed by atoms with Crippen molar-refractivity contribution in [2.24, 2.45) is 0 Å². The van der Waals surface area contributed by atoms with Crippen LogP contribution in [0.1, 0.15) is 54.4 Å². The molecular weight excluding hydrogens is 390 g/mol. The summed E-state index contributed by atoms with van der Waals surface area (Å²) in [5.41, 5.74) is 1.23. The fraction of sp³-hybridized carbons (Fsp3) is 0.391. The minimum atomic E-state index is -0.576. The molecule has 0 heterocycles. The van der Waals surface area contributed by atoms with E-state index in [4.69, 9.17) is 21.1 Å². The van der Waals surface area contributed by atoms with Gasteiger partial charge in [-0.15, -0.1) is 0 Å². The van der Waals surface area contributed by atoms with Crippen LogP contribution in [0.2, 0.25) is 5.02 Å². The normalized spacial score (nSPS) is 14.7. The van der Waals surface area contributed by atoms with Crippen LogP contribution in [-0.2, 0) is 16.1 Å². The van der Waals surface area contributed by atoms with E-state index in [9.17, 15) is 9.59 Å². The van der Waals surface area contributed by atoms with Gasteiger partial charge in [0.1, 0.15) is 17.9 Å². The summed E-state index contributed by atoms with van der Waals surface area (Å²) in [7, 11) is 0. The average molecular weight is 416 g/mol. The summed E-state index contributed by atoms with van der Waals surface area (Å²) in [6.07, 6.45) is 6.66. The molecule has 1 amide bonds. The zero-order valence-electron chi connectivity index (χ0n) is 16.4. The van der Waals surface area contributed by atoms with Crippen molar-refractivity contribution in [1.82, 2.24) is 5.32 Å². The van der Waals surface area contributed by atoms with Crippen molar-refractivity contribution in [1.29, 1.82) is 0 Å². The van der Waals surface area contributed by atoms with Gasteiger partial charge in [-0.05, 0) is 42.7 Å². The lowest BCUT2D eigenvalue weighted by molar-refractivity contribution is -0.125. The highest BCUT2D eigenvalue weighted by molar-refractivity contribution is 6.30. The zero-order chi connectivity index (χ0) is 20.5. The van der Waals surface area contributed by atoms with Gasteiger partial charge in [-0.3, -0.25) is 4.79 Å². The smallest absolute Gasteiger partial charge is 0.342 e. The molecule has 1 aliphatic rings. The summed E-state index contributed by atoms with van der Waals surface area (Å²) < 4.78 is 11.0. The molecule has 0 aliphatic heterocycles. The SMILES string of the molecule is O=C(COC(=O)c1ccccc1OCc1ccc(Cl)cc1)NC1CCCCCC1. The van der Waals surface area contributed by atoms with E-state index in [-0.39, 0.29) is 18.6 Å². The van der Waals surface area contributed by atoms with Crippen molar-refractivity contribution in [2.45, 2.75) is 51.2 Å². The molecule has 2 aromatic carbocycles. The van der Waals surface area contributed by atoms with E-state index in [0.29, 0.717) is 22.9 Å². The number of benzene rings is 2. The predicted octanol–water partition coefficient (Wildman–Crippen LogP) is 4.91. The molecule has 0 atom stereocenters. The number of carbonyl (C=O) groups is 2. The maximum Gasteiger partial charge on any atom is 0.342 e. The van der Waals surface area contributed by atoms with E-state index < -0.39 is 5.97 Å². The van der Waals surface area contributed by atoms with E-state index in [1.807, 2.05) is 12.1 Å². The summed E-state index contributed by atoms with van der Waals surface area (Å²) in [5, 5.41) is 3.63. The number of amides is 1. The van der Waals surface area contributed by atoms with Gasteiger partial charge in [0.2, 0.25) is 0 Å². The molecule has 1 saturated carbocycles. The Morgan fingerprint density at radius 3 is 2.38 bits per heavy atom. The molecule has 29 heavy (non-hydrogen) atoms. The lowest BCUT2D eigenvalue weighted by Gasteiger charge is -2.16. The quantitative estimate of drug-likeness (QED) is 0.515. The lowest BCUT2D eigenvalue weighted by atomic mass is 10.1. The summed E-state index contributed by atoms with van der Waals surface area (Å²) in [6.45, 7) is 0.00444. The number of rotatable bonds is 7. The van der Waals surface area contributed by atoms with Crippen molar-refractivity contribution in [2.75, 3.05) is 6.61 Å². The van der Waals surface area contributed by atoms with Gasteiger partial charge in [0, 0.05) is 11.1 Å². The van der Waals surface area contributed by atoms with Gasteiger partial charge in [0.05, 0.1) is 0 Å². The molecule has 2 aromatic rings. The second-order valence-corrected chi connectivity index (χ2v) is 7.68. The molecule has 5 nitrogen and oxygen atoms in total. The fourth-order valence-corrected chi connectivity index (χ4v) is 3.53. The summed E-state index contributed by atoms with van der Waals surface area (Å²) in [5.74, 6) is -0.422. The predicted molar refractivity (Wildman–Crippen MR) is 112 cm³/mol. The van der Waals surface area contributed by atoms with Gasteiger partial charge in [-0.1, -0.05) is 61.5 Å². The monoisotopic (exact) mass is 415 g/mol. The second kappa shape index (κ2) is 10.9. The topological polar surface area (TPSA) is 64.6 Å². The Kier molecular flexibility index (Phi) is 7.94. The van der Waals surface area contributed by atoms with Gasteiger partial charge >= 0.3 is 5.97 Å². The third-order valence-electron chi connectivity index (χ3n) is 4.97. The molecule has 1 fully saturated rings. The Labute approximate surface area is 176 Å². The molecule has 154 valence electrons. The van der Waals surface area contributed by atoms with E-state index >= 15 is 0 Å². The van der Waals surface area contributed by atoms with Crippen LogP contribution in [0.5, 0.6) is 5.75 Å². The third kappa shape index (κ3) is 6.79. The Morgan fingerprint density at radius 2 is 1.66 bits per heavy atom. The van der Waals surface area contributed by atoms with Gasteiger partial charge in [0.25, 0.3) is 5.91 Å². The Morgan fingerprint density at radius 1 is 0.966 bits per heavy atom. The Hall–Kier alpha value is -2.53. The number of hydrogen-bond acceptors (Lipinski definition) is 4. The number of carbonyl (C=O) groups excluding carboxylic acids is 2. The number of nitrogens with one attached hydrogen (secondary N) is 1. The van der Waals surface area contributed by atoms with Crippen molar-refractivity contribution in [3.8, 4) is 5.75 Å². The van der Waals surface area contributed by atoms with E-state index in [1.54, 1.807) is 36.4 Å². The lowest BCUT2D eigenvalue weighted by Crippen LogP contribution is -2.37. The standard InChI is InChI=1S/C23H26ClNO4/c24-18-13-11-17(12-14-18)15-28-21-10-6-5-9-20(21)23(27)29-16-22(26)25-19-7-3-1-2-4-8-19/h5-6,9-14,19H,1-4,7-8,15-16H2,(H,25,26). The highest BCUT2D eigenvalue weighted by Gasteiger charge is 2.18. The molecule has 1 N–H and O–H groups in total. The minimum absolute atomic E-state index is 0.179.